The van der Waals surface area contributed by atoms with Gasteiger partial charge < -0.3 is 10.0 Å². The van der Waals surface area contributed by atoms with Crippen LogP contribution < -0.4 is 0 Å². The van der Waals surface area contributed by atoms with Crippen LogP contribution >= 0.6 is 11.3 Å². The fourth-order valence-electron chi connectivity index (χ4n) is 2.40. The molecule has 2 aliphatic rings. The molecule has 2 amide bonds. The summed E-state index contributed by atoms with van der Waals surface area (Å²) in [5.41, 5.74) is 2.03. The van der Waals surface area contributed by atoms with Crippen LogP contribution in [0.4, 0.5) is 4.79 Å². The first-order valence-corrected chi connectivity index (χ1v) is 6.52. The fraction of sp³-hybridized carbons (Fsp3) is 0.364. The van der Waals surface area contributed by atoms with E-state index in [1.54, 1.807) is 5.51 Å². The second-order valence-corrected chi connectivity index (χ2v) is 5.09. The van der Waals surface area contributed by atoms with Crippen molar-refractivity contribution in [1.29, 1.82) is 0 Å². The molecule has 3 heterocycles. The zero-order valence-electron chi connectivity index (χ0n) is 9.85. The van der Waals surface area contributed by atoms with Gasteiger partial charge in [-0.05, 0) is 0 Å². The Balaban J connectivity index is 2.02. The monoisotopic (exact) mass is 281 g/mol. The van der Waals surface area contributed by atoms with Crippen molar-refractivity contribution in [3.63, 3.8) is 0 Å². The van der Waals surface area contributed by atoms with E-state index in [9.17, 15) is 14.7 Å². The van der Waals surface area contributed by atoms with E-state index in [-0.39, 0.29) is 12.6 Å². The summed E-state index contributed by atoms with van der Waals surface area (Å²) in [7, 11) is 0. The number of urea groups is 1. The number of carboxylic acid groups (broad SMARTS) is 1. The predicted molar refractivity (Wildman–Crippen MR) is 65.3 cm³/mol. The number of fused-ring (bicyclic) bond motifs is 4. The first-order valence-electron chi connectivity index (χ1n) is 5.65. The van der Waals surface area contributed by atoms with Gasteiger partial charge in [0.05, 0.1) is 29.2 Å². The van der Waals surface area contributed by atoms with Gasteiger partial charge in [0.25, 0.3) is 0 Å². The Bertz CT molecular complexity index is 558. The number of aliphatic carboxylic acids is 1. The summed E-state index contributed by atoms with van der Waals surface area (Å²) >= 11 is 1.34. The van der Waals surface area contributed by atoms with Gasteiger partial charge in [-0.2, -0.15) is 5.06 Å². The Hall–Kier alpha value is -1.93. The number of rotatable bonds is 4. The number of amides is 2. The Morgan fingerprint density at radius 1 is 1.74 bits per heavy atom. The molecular formula is C11H11N3O4S. The van der Waals surface area contributed by atoms with Crippen LogP contribution in [0.2, 0.25) is 0 Å². The standard InChI is InChI=1S/C11H11N3O4S/c1-2-3-18-14-6-4-13(11(14)17)8(10(15)16)7-9(6)19-5-12-7/h2,5-6,8H,1,3-4H2,(H,15,16). The number of nitrogens with zero attached hydrogens (tertiary/aromatic N) is 3. The van der Waals surface area contributed by atoms with E-state index in [4.69, 9.17) is 4.84 Å². The van der Waals surface area contributed by atoms with Crippen LogP contribution in [-0.4, -0.2) is 45.2 Å². The predicted octanol–water partition coefficient (Wildman–Crippen LogP) is 1.18. The van der Waals surface area contributed by atoms with Crippen molar-refractivity contribution >= 4 is 23.3 Å². The van der Waals surface area contributed by atoms with E-state index < -0.39 is 18.0 Å². The Labute approximate surface area is 112 Å². The molecule has 2 bridgehead atoms. The molecule has 19 heavy (non-hydrogen) atoms. The van der Waals surface area contributed by atoms with Gasteiger partial charge in [-0.1, -0.05) is 6.08 Å². The third-order valence-corrected chi connectivity index (χ3v) is 4.10. The SMILES string of the molecule is C=CCON1C(=O)N2CC1c1scnc1C2C(=O)O. The molecule has 1 fully saturated rings. The molecule has 0 saturated carbocycles. The summed E-state index contributed by atoms with van der Waals surface area (Å²) in [6, 6.07) is -1.75. The number of hydrogen-bond donors (Lipinski definition) is 1. The molecule has 3 rings (SSSR count). The number of carbonyl (C=O) groups excluding carboxylic acids is 1. The van der Waals surface area contributed by atoms with E-state index in [1.165, 1.54) is 27.4 Å². The van der Waals surface area contributed by atoms with Gasteiger partial charge in [0, 0.05) is 0 Å². The lowest BCUT2D eigenvalue weighted by Gasteiger charge is -2.26. The van der Waals surface area contributed by atoms with Crippen LogP contribution in [0.25, 0.3) is 0 Å². The molecule has 0 radical (unpaired) electrons. The summed E-state index contributed by atoms with van der Waals surface area (Å²) in [6.07, 6.45) is 1.53. The normalized spacial score (nSPS) is 24.5. The van der Waals surface area contributed by atoms with Crippen LogP contribution in [0.3, 0.4) is 0 Å². The smallest absolute Gasteiger partial charge is 0.345 e. The fourth-order valence-corrected chi connectivity index (χ4v) is 3.29. The molecule has 8 heteroatoms. The zero-order valence-corrected chi connectivity index (χ0v) is 10.7. The molecule has 2 aliphatic heterocycles. The molecule has 0 aromatic carbocycles. The van der Waals surface area contributed by atoms with Crippen LogP contribution in [0, 0.1) is 0 Å². The minimum atomic E-state index is -1.08. The molecule has 1 aromatic heterocycles. The maximum absolute atomic E-state index is 12.2. The average Bonchev–Trinajstić information content (AvgIpc) is 2.94. The number of carbonyl (C=O) groups is 2. The summed E-state index contributed by atoms with van der Waals surface area (Å²) in [5.74, 6) is -1.08. The van der Waals surface area contributed by atoms with Crippen molar-refractivity contribution in [3.05, 3.63) is 28.7 Å². The maximum atomic E-state index is 12.2. The highest BCUT2D eigenvalue weighted by Gasteiger charge is 2.52. The number of hydroxylamine groups is 2. The Morgan fingerprint density at radius 3 is 3.21 bits per heavy atom. The molecule has 1 saturated heterocycles. The number of aromatic nitrogens is 1. The topological polar surface area (TPSA) is 83.0 Å². The first-order chi connectivity index (χ1) is 9.15. The van der Waals surface area contributed by atoms with Gasteiger partial charge in [-0.15, -0.1) is 17.9 Å². The molecule has 0 spiro atoms. The molecule has 0 aliphatic carbocycles. The summed E-state index contributed by atoms with van der Waals surface area (Å²) < 4.78 is 0. The largest absolute Gasteiger partial charge is 0.479 e. The second-order valence-electron chi connectivity index (χ2n) is 4.20. The number of hydrogen-bond acceptors (Lipinski definition) is 5. The highest BCUT2D eigenvalue weighted by atomic mass is 32.1. The van der Waals surface area contributed by atoms with Crippen molar-refractivity contribution in [2.24, 2.45) is 0 Å². The van der Waals surface area contributed by atoms with Crippen molar-refractivity contribution in [1.82, 2.24) is 14.9 Å². The van der Waals surface area contributed by atoms with E-state index in [1.807, 2.05) is 0 Å². The van der Waals surface area contributed by atoms with Gasteiger partial charge >= 0.3 is 12.0 Å². The van der Waals surface area contributed by atoms with E-state index in [0.29, 0.717) is 12.2 Å². The van der Waals surface area contributed by atoms with Crippen molar-refractivity contribution in [3.8, 4) is 0 Å². The van der Waals surface area contributed by atoms with Crippen LogP contribution in [-0.2, 0) is 9.63 Å². The van der Waals surface area contributed by atoms with Crippen molar-refractivity contribution < 1.29 is 19.5 Å². The lowest BCUT2D eigenvalue weighted by molar-refractivity contribution is -0.142. The van der Waals surface area contributed by atoms with Gasteiger partial charge in [0.15, 0.2) is 6.04 Å². The third kappa shape index (κ3) is 1.64. The van der Waals surface area contributed by atoms with Crippen molar-refractivity contribution in [2.75, 3.05) is 13.2 Å². The number of carboxylic acids is 1. The lowest BCUT2D eigenvalue weighted by Crippen LogP contribution is -2.38. The van der Waals surface area contributed by atoms with Gasteiger partial charge in [-0.25, -0.2) is 14.6 Å². The summed E-state index contributed by atoms with van der Waals surface area (Å²) in [4.78, 5) is 35.0. The van der Waals surface area contributed by atoms with Crippen LogP contribution in [0.1, 0.15) is 22.7 Å². The number of thiazole rings is 1. The first kappa shape index (κ1) is 12.1. The highest BCUT2D eigenvalue weighted by Crippen LogP contribution is 2.45. The Morgan fingerprint density at radius 2 is 2.53 bits per heavy atom. The lowest BCUT2D eigenvalue weighted by atomic mass is 10.0. The minimum Gasteiger partial charge on any atom is -0.479 e. The van der Waals surface area contributed by atoms with Crippen molar-refractivity contribution in [2.45, 2.75) is 12.1 Å². The van der Waals surface area contributed by atoms with E-state index >= 15 is 0 Å². The minimum absolute atomic E-state index is 0.196. The van der Waals surface area contributed by atoms with E-state index in [0.717, 1.165) is 4.88 Å². The molecule has 2 unspecified atom stereocenters. The van der Waals surface area contributed by atoms with E-state index in [2.05, 4.69) is 11.6 Å². The Kier molecular flexibility index (Phi) is 2.76. The molecule has 7 nitrogen and oxygen atoms in total. The van der Waals surface area contributed by atoms with Gasteiger partial charge in [0.2, 0.25) is 0 Å². The molecule has 1 N–H and O–H groups in total. The molecule has 1 aromatic rings. The van der Waals surface area contributed by atoms with Gasteiger partial charge in [0.1, 0.15) is 6.04 Å². The summed E-state index contributed by atoms with van der Waals surface area (Å²) in [5, 5.41) is 10.5. The molecular weight excluding hydrogens is 270 g/mol. The average molecular weight is 281 g/mol. The molecule has 100 valence electrons. The van der Waals surface area contributed by atoms with Crippen LogP contribution in [0.15, 0.2) is 18.2 Å². The van der Waals surface area contributed by atoms with Gasteiger partial charge in [-0.3, -0.25) is 4.84 Å². The quantitative estimate of drug-likeness (QED) is 0.838. The summed E-state index contributed by atoms with van der Waals surface area (Å²) in [6.45, 7) is 4.03. The van der Waals surface area contributed by atoms with Crippen LogP contribution in [0.5, 0.6) is 0 Å². The highest BCUT2D eigenvalue weighted by molar-refractivity contribution is 7.09. The third-order valence-electron chi connectivity index (χ3n) is 3.15. The second kappa shape index (κ2) is 4.32. The zero-order chi connectivity index (χ0) is 13.6. The maximum Gasteiger partial charge on any atom is 0.345 e. The molecule has 2 atom stereocenters.